The Bertz CT molecular complexity index is 1300. The van der Waals surface area contributed by atoms with Crippen LogP contribution < -0.4 is 5.32 Å². The summed E-state index contributed by atoms with van der Waals surface area (Å²) in [5.74, 6) is -0.321. The van der Waals surface area contributed by atoms with Crippen LogP contribution in [0.2, 0.25) is 0 Å². The normalized spacial score (nSPS) is 14.9. The molecule has 0 radical (unpaired) electrons. The third kappa shape index (κ3) is 2.44. The van der Waals surface area contributed by atoms with E-state index < -0.39 is 5.54 Å². The highest BCUT2D eigenvalue weighted by molar-refractivity contribution is 6.05. The van der Waals surface area contributed by atoms with Crippen LogP contribution in [0, 0.1) is 18.3 Å². The van der Waals surface area contributed by atoms with Crippen molar-refractivity contribution in [1.29, 1.82) is 5.26 Å². The second-order valence-corrected chi connectivity index (χ2v) is 7.30. The van der Waals surface area contributed by atoms with Gasteiger partial charge in [0.05, 0.1) is 23.3 Å². The number of aryl methyl sites for hydroxylation is 2. The summed E-state index contributed by atoms with van der Waals surface area (Å²) in [5.41, 5.74) is 4.10. The van der Waals surface area contributed by atoms with Gasteiger partial charge in [0.15, 0.2) is 5.65 Å². The first-order valence-corrected chi connectivity index (χ1v) is 9.01. The van der Waals surface area contributed by atoms with Crippen molar-refractivity contribution in [2.75, 3.05) is 0 Å². The van der Waals surface area contributed by atoms with Gasteiger partial charge >= 0.3 is 0 Å². The highest BCUT2D eigenvalue weighted by Gasteiger charge is 2.45. The van der Waals surface area contributed by atoms with E-state index in [0.29, 0.717) is 35.3 Å². The van der Waals surface area contributed by atoms with Gasteiger partial charge in [0, 0.05) is 18.6 Å². The molecular formula is C20H17N7O. The summed E-state index contributed by atoms with van der Waals surface area (Å²) < 4.78 is 1.82. The number of nitrogens with one attached hydrogen (secondary N) is 2. The first-order chi connectivity index (χ1) is 13.5. The minimum Gasteiger partial charge on any atom is -0.344 e. The van der Waals surface area contributed by atoms with E-state index >= 15 is 0 Å². The molecule has 0 atom stereocenters. The molecule has 1 aliphatic carbocycles. The average molecular weight is 371 g/mol. The lowest BCUT2D eigenvalue weighted by Gasteiger charge is -2.07. The lowest BCUT2D eigenvalue weighted by molar-refractivity contribution is 0.0943. The van der Waals surface area contributed by atoms with Crippen LogP contribution in [0.1, 0.15) is 28.8 Å². The highest BCUT2D eigenvalue weighted by atomic mass is 16.1. The van der Waals surface area contributed by atoms with E-state index in [9.17, 15) is 10.1 Å². The molecule has 0 aliphatic heterocycles. The Balaban J connectivity index is 1.61. The van der Waals surface area contributed by atoms with Crippen LogP contribution in [-0.2, 0) is 7.05 Å². The van der Waals surface area contributed by atoms with Crippen molar-refractivity contribution in [2.24, 2.45) is 7.05 Å². The Morgan fingerprint density at radius 3 is 2.96 bits per heavy atom. The molecule has 2 N–H and O–H groups in total. The second kappa shape index (κ2) is 5.63. The van der Waals surface area contributed by atoms with Crippen molar-refractivity contribution in [3.63, 3.8) is 0 Å². The van der Waals surface area contributed by atoms with Gasteiger partial charge in [-0.2, -0.15) is 10.4 Å². The number of carbonyl (C=O) groups excluding carboxylic acids is 1. The van der Waals surface area contributed by atoms with Crippen molar-refractivity contribution in [1.82, 2.24) is 30.0 Å². The molecule has 3 aromatic heterocycles. The molecule has 28 heavy (non-hydrogen) atoms. The van der Waals surface area contributed by atoms with E-state index in [4.69, 9.17) is 0 Å². The molecule has 1 fully saturated rings. The second-order valence-electron chi connectivity index (χ2n) is 7.30. The third-order valence-electron chi connectivity index (χ3n) is 5.19. The number of aromatic amines is 1. The number of nitrogens with zero attached hydrogens (tertiary/aromatic N) is 5. The van der Waals surface area contributed by atoms with Crippen molar-refractivity contribution in [3.8, 4) is 17.5 Å². The molecule has 0 spiro atoms. The van der Waals surface area contributed by atoms with Gasteiger partial charge in [0.25, 0.3) is 5.91 Å². The molecule has 3 heterocycles. The zero-order valence-corrected chi connectivity index (χ0v) is 15.4. The first-order valence-electron chi connectivity index (χ1n) is 9.01. The molecule has 0 unspecified atom stereocenters. The van der Waals surface area contributed by atoms with E-state index in [1.165, 1.54) is 0 Å². The van der Waals surface area contributed by atoms with Crippen LogP contribution in [0.4, 0.5) is 0 Å². The smallest absolute Gasteiger partial charge is 0.256 e. The van der Waals surface area contributed by atoms with Gasteiger partial charge < -0.3 is 10.3 Å². The molecule has 1 aromatic carbocycles. The quantitative estimate of drug-likeness (QED) is 0.575. The largest absolute Gasteiger partial charge is 0.344 e. The van der Waals surface area contributed by atoms with Crippen molar-refractivity contribution in [2.45, 2.75) is 25.3 Å². The molecule has 0 saturated heterocycles. The summed E-state index contributed by atoms with van der Waals surface area (Å²) in [6, 6.07) is 8.29. The summed E-state index contributed by atoms with van der Waals surface area (Å²) in [6.07, 6.45) is 4.58. The van der Waals surface area contributed by atoms with Gasteiger partial charge in [-0.25, -0.2) is 9.97 Å². The Morgan fingerprint density at radius 1 is 1.39 bits per heavy atom. The minimum absolute atomic E-state index is 0.321. The lowest BCUT2D eigenvalue weighted by atomic mass is 10.1. The summed E-state index contributed by atoms with van der Waals surface area (Å²) in [4.78, 5) is 24.7. The van der Waals surface area contributed by atoms with Gasteiger partial charge in [0.2, 0.25) is 0 Å². The number of amides is 1. The number of fused-ring (bicyclic) bond motifs is 2. The maximum absolute atomic E-state index is 12.7. The van der Waals surface area contributed by atoms with Gasteiger partial charge in [-0.05, 0) is 31.4 Å². The van der Waals surface area contributed by atoms with Crippen LogP contribution in [0.3, 0.4) is 0 Å². The predicted molar refractivity (Wildman–Crippen MR) is 103 cm³/mol. The summed E-state index contributed by atoms with van der Waals surface area (Å²) in [5, 5.41) is 17.6. The lowest BCUT2D eigenvalue weighted by Crippen LogP contribution is -2.35. The molecule has 8 nitrogen and oxygen atoms in total. The molecule has 1 aliphatic rings. The van der Waals surface area contributed by atoms with Crippen LogP contribution in [-0.4, -0.2) is 36.2 Å². The molecule has 1 amide bonds. The Labute approximate surface area is 160 Å². The Kier molecular flexibility index (Phi) is 3.31. The predicted octanol–water partition coefficient (Wildman–Crippen LogP) is 2.61. The number of hydrogen-bond acceptors (Lipinski definition) is 5. The number of H-pyrrole nitrogens is 1. The molecule has 8 heteroatoms. The third-order valence-corrected chi connectivity index (χ3v) is 5.19. The van der Waals surface area contributed by atoms with Gasteiger partial charge in [-0.15, -0.1) is 0 Å². The van der Waals surface area contributed by atoms with Crippen LogP contribution in [0.25, 0.3) is 33.5 Å². The van der Waals surface area contributed by atoms with E-state index in [1.54, 1.807) is 12.4 Å². The van der Waals surface area contributed by atoms with Crippen LogP contribution >= 0.6 is 0 Å². The van der Waals surface area contributed by atoms with Gasteiger partial charge in [-0.3, -0.25) is 9.48 Å². The summed E-state index contributed by atoms with van der Waals surface area (Å²) in [7, 11) is 1.89. The summed E-state index contributed by atoms with van der Waals surface area (Å²) in [6.45, 7) is 2.04. The zero-order valence-electron chi connectivity index (χ0n) is 15.4. The first kappa shape index (κ1) is 16.4. The minimum atomic E-state index is -0.735. The molecule has 0 bridgehead atoms. The molecule has 4 aromatic rings. The van der Waals surface area contributed by atoms with Crippen molar-refractivity contribution in [3.05, 3.63) is 41.7 Å². The Hall–Kier alpha value is -3.73. The van der Waals surface area contributed by atoms with Gasteiger partial charge in [-0.1, -0.05) is 12.1 Å². The number of nitriles is 1. The zero-order chi connectivity index (χ0) is 19.5. The molecule has 1 saturated carbocycles. The number of benzene rings is 1. The molecule has 138 valence electrons. The molecule has 5 rings (SSSR count). The van der Waals surface area contributed by atoms with Crippen molar-refractivity contribution >= 4 is 28.0 Å². The fraction of sp³-hybridized carbons (Fsp3) is 0.250. The summed E-state index contributed by atoms with van der Waals surface area (Å²) >= 11 is 0. The SMILES string of the molecule is Cc1ccc2c(-c3cnc4[nH]cc(C(=O)NC5(C#N)CC5)c4n3)nn(C)c2c1. The Morgan fingerprint density at radius 2 is 2.21 bits per heavy atom. The van der Waals surface area contributed by atoms with E-state index in [1.807, 2.05) is 30.8 Å². The monoisotopic (exact) mass is 371 g/mol. The number of aromatic nitrogens is 5. The van der Waals surface area contributed by atoms with Crippen molar-refractivity contribution < 1.29 is 4.79 Å². The number of hydrogen-bond donors (Lipinski definition) is 2. The van der Waals surface area contributed by atoms with Crippen LogP contribution in [0.5, 0.6) is 0 Å². The highest BCUT2D eigenvalue weighted by Crippen LogP contribution is 2.35. The van der Waals surface area contributed by atoms with E-state index in [2.05, 4.69) is 37.5 Å². The fourth-order valence-corrected chi connectivity index (χ4v) is 3.41. The number of carbonyl (C=O) groups is 1. The van der Waals surface area contributed by atoms with Gasteiger partial charge in [0.1, 0.15) is 22.4 Å². The topological polar surface area (TPSA) is 112 Å². The maximum atomic E-state index is 12.7. The van der Waals surface area contributed by atoms with E-state index in [-0.39, 0.29) is 5.91 Å². The standard InChI is InChI=1S/C20H17N7O/c1-11-3-4-12-15(7-11)27(2)26-16(12)14-9-23-18-17(24-14)13(8-22-18)19(28)25-20(10-21)5-6-20/h3-4,7-9H,5-6H2,1-2H3,(H,22,23)(H,25,28). The average Bonchev–Trinajstić information content (AvgIpc) is 3.21. The number of rotatable bonds is 3. The molecular weight excluding hydrogens is 354 g/mol. The van der Waals surface area contributed by atoms with Crippen LogP contribution in [0.15, 0.2) is 30.6 Å². The fourth-order valence-electron chi connectivity index (χ4n) is 3.41. The van der Waals surface area contributed by atoms with E-state index in [0.717, 1.165) is 22.2 Å². The maximum Gasteiger partial charge on any atom is 0.256 e.